The number of fused-ring (bicyclic) bond motifs is 5. The summed E-state index contributed by atoms with van der Waals surface area (Å²) in [5, 5.41) is 0. The van der Waals surface area contributed by atoms with Crippen LogP contribution in [0.1, 0.15) is 33.6 Å². The van der Waals surface area contributed by atoms with Gasteiger partial charge >= 0.3 is 0 Å². The predicted octanol–water partition coefficient (Wildman–Crippen LogP) is 2.58. The molecule has 2 nitrogen and oxygen atoms in total. The van der Waals surface area contributed by atoms with E-state index in [0.29, 0.717) is 30.0 Å². The van der Waals surface area contributed by atoms with Crippen LogP contribution in [0.4, 0.5) is 0 Å². The van der Waals surface area contributed by atoms with Crippen molar-refractivity contribution in [1.29, 1.82) is 0 Å². The van der Waals surface area contributed by atoms with Crippen LogP contribution in [0, 0.1) is 23.7 Å². The van der Waals surface area contributed by atoms with Crippen LogP contribution in [-0.2, 0) is 9.53 Å². The molecule has 2 saturated carbocycles. The van der Waals surface area contributed by atoms with Crippen LogP contribution in [-0.4, -0.2) is 17.5 Å². The average molecular weight is 220 g/mol. The molecule has 3 aliphatic rings. The summed E-state index contributed by atoms with van der Waals surface area (Å²) in [5.41, 5.74) is -0.134. The van der Waals surface area contributed by atoms with Crippen LogP contribution in [0.2, 0.25) is 0 Å². The fourth-order valence-corrected chi connectivity index (χ4v) is 3.87. The molecule has 16 heavy (non-hydrogen) atoms. The molecule has 0 aromatic heterocycles. The smallest absolute Gasteiger partial charge is 0.139 e. The minimum atomic E-state index is -0.134. The molecule has 2 heteroatoms. The van der Waals surface area contributed by atoms with E-state index < -0.39 is 0 Å². The van der Waals surface area contributed by atoms with Gasteiger partial charge in [-0.1, -0.05) is 12.2 Å². The van der Waals surface area contributed by atoms with E-state index in [-0.39, 0.29) is 17.6 Å². The largest absolute Gasteiger partial charge is 0.372 e. The number of hydrogen-bond acceptors (Lipinski definition) is 2. The molecule has 0 spiro atoms. The van der Waals surface area contributed by atoms with E-state index >= 15 is 0 Å². The third kappa shape index (κ3) is 1.46. The number of Topliss-reactive ketones (excluding diaryl/α,β-unsaturated/α-hetero) is 1. The van der Waals surface area contributed by atoms with Crippen molar-refractivity contribution >= 4 is 5.78 Å². The molecule has 0 amide bonds. The van der Waals surface area contributed by atoms with Crippen LogP contribution < -0.4 is 0 Å². The maximum Gasteiger partial charge on any atom is 0.139 e. The Bertz CT molecular complexity index is 350. The Morgan fingerprint density at radius 3 is 2.62 bits per heavy atom. The molecular formula is C14H20O2. The first-order valence-corrected chi connectivity index (χ1v) is 6.34. The van der Waals surface area contributed by atoms with E-state index in [4.69, 9.17) is 4.74 Å². The van der Waals surface area contributed by atoms with Gasteiger partial charge in [-0.15, -0.1) is 0 Å². The topological polar surface area (TPSA) is 26.3 Å². The SMILES string of the molecule is CC(C)(C)O[C@@H]1CC(=O)C2C1[C@H]1C=C[C@@H]2C1. The lowest BCUT2D eigenvalue weighted by atomic mass is 9.84. The van der Waals surface area contributed by atoms with Gasteiger partial charge in [0.1, 0.15) is 5.78 Å². The lowest BCUT2D eigenvalue weighted by Crippen LogP contribution is -2.33. The Kier molecular flexibility index (Phi) is 2.10. The highest BCUT2D eigenvalue weighted by atomic mass is 16.5. The minimum Gasteiger partial charge on any atom is -0.372 e. The molecule has 3 rings (SSSR count). The molecule has 0 N–H and O–H groups in total. The molecule has 88 valence electrons. The van der Waals surface area contributed by atoms with Crippen molar-refractivity contribution in [2.45, 2.75) is 45.3 Å². The van der Waals surface area contributed by atoms with Gasteiger partial charge in [0.05, 0.1) is 11.7 Å². The molecule has 0 aromatic carbocycles. The van der Waals surface area contributed by atoms with Gasteiger partial charge in [0.15, 0.2) is 0 Å². The average Bonchev–Trinajstić information content (AvgIpc) is 2.76. The molecule has 0 aliphatic heterocycles. The Morgan fingerprint density at radius 2 is 1.94 bits per heavy atom. The van der Waals surface area contributed by atoms with E-state index in [9.17, 15) is 4.79 Å². The first-order valence-electron chi connectivity index (χ1n) is 6.34. The number of carbonyl (C=O) groups excluding carboxylic acids is 1. The van der Waals surface area contributed by atoms with Crippen molar-refractivity contribution in [3.8, 4) is 0 Å². The van der Waals surface area contributed by atoms with Gasteiger partial charge in [0.25, 0.3) is 0 Å². The Balaban J connectivity index is 1.83. The molecule has 5 atom stereocenters. The Hall–Kier alpha value is -0.630. The van der Waals surface area contributed by atoms with Crippen molar-refractivity contribution in [3.05, 3.63) is 12.2 Å². The molecule has 0 saturated heterocycles. The summed E-state index contributed by atoms with van der Waals surface area (Å²) in [4.78, 5) is 12.0. The van der Waals surface area contributed by atoms with Gasteiger partial charge in [-0.05, 0) is 39.0 Å². The maximum absolute atomic E-state index is 12.0. The third-order valence-corrected chi connectivity index (χ3v) is 4.23. The summed E-state index contributed by atoms with van der Waals surface area (Å²) < 4.78 is 6.08. The maximum atomic E-state index is 12.0. The van der Waals surface area contributed by atoms with Crippen molar-refractivity contribution in [2.75, 3.05) is 0 Å². The molecule has 2 unspecified atom stereocenters. The summed E-state index contributed by atoms with van der Waals surface area (Å²) in [6, 6.07) is 0. The number of ketones is 1. The molecule has 2 bridgehead atoms. The van der Waals surface area contributed by atoms with Crippen LogP contribution in [0.5, 0.6) is 0 Å². The quantitative estimate of drug-likeness (QED) is 0.635. The van der Waals surface area contributed by atoms with E-state index in [1.807, 2.05) is 0 Å². The van der Waals surface area contributed by atoms with Crippen molar-refractivity contribution in [1.82, 2.24) is 0 Å². The van der Waals surface area contributed by atoms with E-state index in [1.54, 1.807) is 0 Å². The summed E-state index contributed by atoms with van der Waals surface area (Å²) in [5.74, 6) is 2.32. The van der Waals surface area contributed by atoms with Crippen molar-refractivity contribution < 1.29 is 9.53 Å². The van der Waals surface area contributed by atoms with Gasteiger partial charge in [0.2, 0.25) is 0 Å². The van der Waals surface area contributed by atoms with Gasteiger partial charge in [-0.2, -0.15) is 0 Å². The first-order chi connectivity index (χ1) is 7.46. The number of rotatable bonds is 1. The molecule has 0 aromatic rings. The third-order valence-electron chi connectivity index (χ3n) is 4.23. The highest BCUT2D eigenvalue weighted by molar-refractivity contribution is 5.85. The second-order valence-electron chi connectivity index (χ2n) is 6.49. The van der Waals surface area contributed by atoms with Crippen molar-refractivity contribution in [3.63, 3.8) is 0 Å². The fraction of sp³-hybridized carbons (Fsp3) is 0.786. The summed E-state index contributed by atoms with van der Waals surface area (Å²) >= 11 is 0. The van der Waals surface area contributed by atoms with E-state index in [2.05, 4.69) is 32.9 Å². The van der Waals surface area contributed by atoms with Crippen LogP contribution in [0.25, 0.3) is 0 Å². The molecule has 3 aliphatic carbocycles. The number of allylic oxidation sites excluding steroid dienone is 2. The summed E-state index contributed by atoms with van der Waals surface area (Å²) in [6.45, 7) is 6.23. The lowest BCUT2D eigenvalue weighted by Gasteiger charge is -2.31. The van der Waals surface area contributed by atoms with E-state index in [1.165, 1.54) is 6.42 Å². The summed E-state index contributed by atoms with van der Waals surface area (Å²) in [6.07, 6.45) is 6.55. The van der Waals surface area contributed by atoms with Crippen LogP contribution in [0.15, 0.2) is 12.2 Å². The molecule has 2 fully saturated rings. The zero-order chi connectivity index (χ0) is 11.5. The van der Waals surface area contributed by atoms with Gasteiger partial charge < -0.3 is 4.74 Å². The van der Waals surface area contributed by atoms with Gasteiger partial charge in [0, 0.05) is 18.3 Å². The second kappa shape index (κ2) is 3.19. The van der Waals surface area contributed by atoms with Gasteiger partial charge in [-0.3, -0.25) is 4.79 Å². The highest BCUT2D eigenvalue weighted by Crippen LogP contribution is 2.55. The first kappa shape index (κ1) is 10.5. The van der Waals surface area contributed by atoms with Crippen LogP contribution in [0.3, 0.4) is 0 Å². The molecule has 0 heterocycles. The highest BCUT2D eigenvalue weighted by Gasteiger charge is 2.56. The number of ether oxygens (including phenoxy) is 1. The Labute approximate surface area is 97.1 Å². The minimum absolute atomic E-state index is 0.134. The number of carbonyl (C=O) groups is 1. The normalized spacial score (nSPS) is 45.4. The Morgan fingerprint density at radius 1 is 1.25 bits per heavy atom. The zero-order valence-electron chi connectivity index (χ0n) is 10.3. The summed E-state index contributed by atoms with van der Waals surface area (Å²) in [7, 11) is 0. The fourth-order valence-electron chi connectivity index (χ4n) is 3.87. The van der Waals surface area contributed by atoms with Crippen LogP contribution >= 0.6 is 0 Å². The lowest BCUT2D eigenvalue weighted by molar-refractivity contribution is -0.122. The standard InChI is InChI=1S/C14H20O2/c1-14(2,3)16-11-7-10(15)12-8-4-5-9(6-8)13(11)12/h4-5,8-9,11-13H,6-7H2,1-3H3/t8-,9+,11-,12?,13?/m1/s1. The second-order valence-corrected chi connectivity index (χ2v) is 6.49. The van der Waals surface area contributed by atoms with Crippen molar-refractivity contribution in [2.24, 2.45) is 23.7 Å². The molecular weight excluding hydrogens is 200 g/mol. The monoisotopic (exact) mass is 220 g/mol. The molecule has 0 radical (unpaired) electrons. The van der Waals surface area contributed by atoms with Gasteiger partial charge in [-0.25, -0.2) is 0 Å². The predicted molar refractivity (Wildman–Crippen MR) is 62.0 cm³/mol. The van der Waals surface area contributed by atoms with E-state index in [0.717, 1.165) is 0 Å². The zero-order valence-corrected chi connectivity index (χ0v) is 10.3. The number of hydrogen-bond donors (Lipinski definition) is 0.